The van der Waals surface area contributed by atoms with Crippen LogP contribution in [0.2, 0.25) is 5.02 Å². The van der Waals surface area contributed by atoms with Gasteiger partial charge in [0.25, 0.3) is 5.91 Å². The largest absolute Gasteiger partial charge is 0.418 e. The smallest absolute Gasteiger partial charge is 0.330 e. The Labute approximate surface area is 170 Å². The van der Waals surface area contributed by atoms with Crippen molar-refractivity contribution in [3.8, 4) is 0 Å². The van der Waals surface area contributed by atoms with Crippen LogP contribution in [0.25, 0.3) is 0 Å². The van der Waals surface area contributed by atoms with Crippen molar-refractivity contribution in [3.05, 3.63) is 58.6 Å². The van der Waals surface area contributed by atoms with Gasteiger partial charge in [0.1, 0.15) is 6.54 Å². The summed E-state index contributed by atoms with van der Waals surface area (Å²) in [5.41, 5.74) is -1.07. The average Bonchev–Trinajstić information content (AvgIpc) is 2.65. The van der Waals surface area contributed by atoms with Crippen molar-refractivity contribution < 1.29 is 22.8 Å². The van der Waals surface area contributed by atoms with E-state index in [4.69, 9.17) is 11.6 Å². The lowest BCUT2D eigenvalue weighted by atomic mass is 10.1. The van der Waals surface area contributed by atoms with Crippen LogP contribution in [0.15, 0.2) is 47.4 Å². The van der Waals surface area contributed by atoms with Gasteiger partial charge in [-0.3, -0.25) is 9.59 Å². The Hall–Kier alpha value is -2.19. The molecule has 28 heavy (non-hydrogen) atoms. The summed E-state index contributed by atoms with van der Waals surface area (Å²) in [5, 5.41) is 2.48. The molecule has 0 radical (unpaired) electrons. The zero-order valence-corrected chi connectivity index (χ0v) is 16.7. The third-order valence-corrected chi connectivity index (χ3v) is 4.97. The first-order chi connectivity index (χ1) is 13.2. The number of anilines is 1. The summed E-state index contributed by atoms with van der Waals surface area (Å²) in [7, 11) is 0. The predicted octanol–water partition coefficient (Wildman–Crippen LogP) is 5.18. The molecule has 0 fully saturated rings. The van der Waals surface area contributed by atoms with Crippen molar-refractivity contribution in [2.24, 2.45) is 0 Å². The van der Waals surface area contributed by atoms with E-state index in [0.29, 0.717) is 0 Å². The Kier molecular flexibility index (Phi) is 7.37. The highest BCUT2D eigenvalue weighted by Gasteiger charge is 2.33. The fourth-order valence-electron chi connectivity index (χ4n) is 2.50. The Bertz CT molecular complexity index is 874. The fourth-order valence-corrected chi connectivity index (χ4v) is 3.13. The number of thioether (sulfide) groups is 1. The summed E-state index contributed by atoms with van der Waals surface area (Å²) in [5.74, 6) is -1.20. The molecule has 0 saturated carbocycles. The van der Waals surface area contributed by atoms with Gasteiger partial charge >= 0.3 is 6.18 Å². The molecular weight excluding hydrogens is 413 g/mol. The number of benzene rings is 2. The molecule has 2 aromatic rings. The molecule has 0 aromatic heterocycles. The summed E-state index contributed by atoms with van der Waals surface area (Å²) in [4.78, 5) is 27.1. The first-order valence-electron chi connectivity index (χ1n) is 8.26. The van der Waals surface area contributed by atoms with Crippen molar-refractivity contribution in [1.82, 2.24) is 4.90 Å². The van der Waals surface area contributed by atoms with Crippen LogP contribution in [0, 0.1) is 0 Å². The lowest BCUT2D eigenvalue weighted by Gasteiger charge is -2.22. The van der Waals surface area contributed by atoms with Crippen molar-refractivity contribution in [2.75, 3.05) is 24.7 Å². The summed E-state index contributed by atoms with van der Waals surface area (Å²) in [6.07, 6.45) is -2.75. The minimum atomic E-state index is -4.60. The van der Waals surface area contributed by atoms with Gasteiger partial charge < -0.3 is 10.2 Å². The maximum absolute atomic E-state index is 13.1. The van der Waals surface area contributed by atoms with Gasteiger partial charge in [0, 0.05) is 11.4 Å². The molecular formula is C19H18ClF3N2O2S. The van der Waals surface area contributed by atoms with E-state index in [1.807, 2.05) is 6.26 Å². The lowest BCUT2D eigenvalue weighted by Crippen LogP contribution is -2.38. The van der Waals surface area contributed by atoms with E-state index in [9.17, 15) is 22.8 Å². The summed E-state index contributed by atoms with van der Waals surface area (Å²) in [6.45, 7) is 1.45. The molecule has 2 aromatic carbocycles. The molecule has 0 aliphatic heterocycles. The zero-order chi connectivity index (χ0) is 20.9. The van der Waals surface area contributed by atoms with Gasteiger partial charge in [0.15, 0.2) is 0 Å². The van der Waals surface area contributed by atoms with Gasteiger partial charge in [-0.2, -0.15) is 13.2 Å². The molecule has 9 heteroatoms. The second kappa shape index (κ2) is 9.34. The Balaban J connectivity index is 2.18. The monoisotopic (exact) mass is 430 g/mol. The number of hydrogen-bond acceptors (Lipinski definition) is 3. The molecule has 0 saturated heterocycles. The number of nitrogens with one attached hydrogen (secondary N) is 1. The number of para-hydroxylation sites is 1. The predicted molar refractivity (Wildman–Crippen MR) is 105 cm³/mol. The summed E-state index contributed by atoms with van der Waals surface area (Å²) in [6, 6.07) is 9.65. The molecule has 150 valence electrons. The number of carbonyl (C=O) groups is 2. The van der Waals surface area contributed by atoms with Crippen molar-refractivity contribution >= 4 is 40.9 Å². The second-order valence-electron chi connectivity index (χ2n) is 5.76. The topological polar surface area (TPSA) is 49.4 Å². The SMILES string of the molecule is CCN(CC(=O)Nc1ccccc1C(F)(F)F)C(=O)c1cc(SC)ccc1Cl. The van der Waals surface area contributed by atoms with Crippen LogP contribution in [-0.4, -0.2) is 36.1 Å². The van der Waals surface area contributed by atoms with Crippen LogP contribution >= 0.6 is 23.4 Å². The Morgan fingerprint density at radius 2 is 1.86 bits per heavy atom. The fraction of sp³-hybridized carbons (Fsp3) is 0.263. The molecule has 0 aliphatic rings. The van der Waals surface area contributed by atoms with E-state index in [0.717, 1.165) is 17.0 Å². The van der Waals surface area contributed by atoms with Crippen molar-refractivity contribution in [1.29, 1.82) is 0 Å². The maximum Gasteiger partial charge on any atom is 0.418 e. The highest BCUT2D eigenvalue weighted by atomic mass is 35.5. The van der Waals surface area contributed by atoms with E-state index in [1.54, 1.807) is 25.1 Å². The zero-order valence-electron chi connectivity index (χ0n) is 15.1. The molecule has 4 nitrogen and oxygen atoms in total. The van der Waals surface area contributed by atoms with Crippen LogP contribution in [0.3, 0.4) is 0 Å². The van der Waals surface area contributed by atoms with Crippen LogP contribution in [0.4, 0.5) is 18.9 Å². The van der Waals surface area contributed by atoms with E-state index in [-0.39, 0.29) is 22.8 Å². The molecule has 0 aliphatic carbocycles. The van der Waals surface area contributed by atoms with Gasteiger partial charge in [-0.05, 0) is 43.5 Å². The molecule has 0 heterocycles. The molecule has 1 N–H and O–H groups in total. The minimum Gasteiger partial charge on any atom is -0.330 e. The number of alkyl halides is 3. The van der Waals surface area contributed by atoms with E-state index < -0.39 is 30.1 Å². The lowest BCUT2D eigenvalue weighted by molar-refractivity contribution is -0.137. The second-order valence-corrected chi connectivity index (χ2v) is 7.04. The first-order valence-corrected chi connectivity index (χ1v) is 9.86. The number of nitrogens with zero attached hydrogens (tertiary/aromatic N) is 1. The number of likely N-dealkylation sites (N-methyl/N-ethyl adjacent to an activating group) is 1. The van der Waals surface area contributed by atoms with Gasteiger partial charge in [0.2, 0.25) is 5.91 Å². The molecule has 0 atom stereocenters. The van der Waals surface area contributed by atoms with Gasteiger partial charge in [0.05, 0.1) is 21.8 Å². The standard InChI is InChI=1S/C19H18ClF3N2O2S/c1-3-25(18(27)13-10-12(28-2)8-9-15(13)20)11-17(26)24-16-7-5-4-6-14(16)19(21,22)23/h4-10H,3,11H2,1-2H3,(H,24,26). The Morgan fingerprint density at radius 1 is 1.18 bits per heavy atom. The van der Waals surface area contributed by atoms with Crippen LogP contribution in [0.5, 0.6) is 0 Å². The minimum absolute atomic E-state index is 0.187. The number of carbonyl (C=O) groups excluding carboxylic acids is 2. The van der Waals surface area contributed by atoms with Gasteiger partial charge in [-0.1, -0.05) is 23.7 Å². The van der Waals surface area contributed by atoms with Crippen LogP contribution in [-0.2, 0) is 11.0 Å². The highest BCUT2D eigenvalue weighted by Crippen LogP contribution is 2.34. The Morgan fingerprint density at radius 3 is 2.46 bits per heavy atom. The number of halogens is 4. The molecule has 2 rings (SSSR count). The summed E-state index contributed by atoms with van der Waals surface area (Å²) < 4.78 is 39.2. The molecule has 0 spiro atoms. The van der Waals surface area contributed by atoms with Crippen LogP contribution in [0.1, 0.15) is 22.8 Å². The maximum atomic E-state index is 13.1. The third kappa shape index (κ3) is 5.42. The molecule has 2 amide bonds. The van der Waals surface area contributed by atoms with E-state index >= 15 is 0 Å². The number of amides is 2. The van der Waals surface area contributed by atoms with Gasteiger partial charge in [-0.15, -0.1) is 11.8 Å². The van der Waals surface area contributed by atoms with Crippen molar-refractivity contribution in [3.63, 3.8) is 0 Å². The normalized spacial score (nSPS) is 11.2. The van der Waals surface area contributed by atoms with E-state index in [1.165, 1.54) is 28.8 Å². The quantitative estimate of drug-likeness (QED) is 0.642. The average molecular weight is 431 g/mol. The molecule has 0 bridgehead atoms. The van der Waals surface area contributed by atoms with Crippen LogP contribution < -0.4 is 5.32 Å². The van der Waals surface area contributed by atoms with Gasteiger partial charge in [-0.25, -0.2) is 0 Å². The third-order valence-electron chi connectivity index (χ3n) is 3.91. The first kappa shape index (κ1) is 22.1. The molecule has 0 unspecified atom stereocenters. The highest BCUT2D eigenvalue weighted by molar-refractivity contribution is 7.98. The number of hydrogen-bond donors (Lipinski definition) is 1. The number of rotatable bonds is 6. The van der Waals surface area contributed by atoms with E-state index in [2.05, 4.69) is 5.32 Å². The van der Waals surface area contributed by atoms with Crippen molar-refractivity contribution in [2.45, 2.75) is 18.0 Å². The summed E-state index contributed by atoms with van der Waals surface area (Å²) >= 11 is 7.54.